The van der Waals surface area contributed by atoms with E-state index in [0.717, 1.165) is 5.92 Å². The molecule has 0 amide bonds. The molecule has 1 rings (SSSR count). The highest BCUT2D eigenvalue weighted by Crippen LogP contribution is 2.28. The number of hydrogen-bond donors (Lipinski definition) is 0. The molecular formula is C8H14. The number of allylic oxidation sites excluding steroid dienone is 2. The van der Waals surface area contributed by atoms with Crippen molar-refractivity contribution < 1.29 is 0 Å². The average molecular weight is 110 g/mol. The molecule has 0 bridgehead atoms. The number of hydrogen-bond acceptors (Lipinski definition) is 0. The Labute approximate surface area is 51.6 Å². The van der Waals surface area contributed by atoms with E-state index in [-0.39, 0.29) is 0 Å². The van der Waals surface area contributed by atoms with Crippen LogP contribution in [-0.4, -0.2) is 0 Å². The third-order valence-corrected chi connectivity index (χ3v) is 1.98. The largest absolute Gasteiger partial charge is 0.0884 e. The topological polar surface area (TPSA) is 0 Å². The summed E-state index contributed by atoms with van der Waals surface area (Å²) in [5.74, 6) is 0.959. The van der Waals surface area contributed by atoms with Crippen LogP contribution in [0.25, 0.3) is 0 Å². The fourth-order valence-electron chi connectivity index (χ4n) is 1.35. The fraction of sp³-hybridized carbons (Fsp3) is 0.750. The van der Waals surface area contributed by atoms with Gasteiger partial charge in [-0.1, -0.05) is 18.6 Å². The highest BCUT2D eigenvalue weighted by atomic mass is 14.2. The van der Waals surface area contributed by atoms with Gasteiger partial charge in [0, 0.05) is 0 Å². The first-order chi connectivity index (χ1) is 3.83. The standard InChI is InChI=1S/C8H14/c1-3-8-5-4-7(2)6-8/h3,7H,4-6H2,1-2H3/t7-/m0/s1. The Morgan fingerprint density at radius 1 is 1.62 bits per heavy atom. The van der Waals surface area contributed by atoms with Crippen molar-refractivity contribution in [1.82, 2.24) is 0 Å². The lowest BCUT2D eigenvalue weighted by molar-refractivity contribution is 0.620. The molecule has 0 aromatic rings. The molecule has 0 saturated heterocycles. The van der Waals surface area contributed by atoms with Gasteiger partial charge in [0.1, 0.15) is 0 Å². The van der Waals surface area contributed by atoms with Crippen molar-refractivity contribution in [3.05, 3.63) is 11.6 Å². The number of rotatable bonds is 0. The van der Waals surface area contributed by atoms with Crippen molar-refractivity contribution in [2.75, 3.05) is 0 Å². The van der Waals surface area contributed by atoms with Crippen molar-refractivity contribution in [2.45, 2.75) is 33.1 Å². The van der Waals surface area contributed by atoms with E-state index < -0.39 is 0 Å². The van der Waals surface area contributed by atoms with Crippen molar-refractivity contribution in [2.24, 2.45) is 5.92 Å². The van der Waals surface area contributed by atoms with Crippen molar-refractivity contribution >= 4 is 0 Å². The summed E-state index contributed by atoms with van der Waals surface area (Å²) in [4.78, 5) is 0. The zero-order valence-electron chi connectivity index (χ0n) is 5.78. The maximum absolute atomic E-state index is 2.33. The first-order valence-electron chi connectivity index (χ1n) is 3.47. The van der Waals surface area contributed by atoms with Gasteiger partial charge in [-0.3, -0.25) is 0 Å². The summed E-state index contributed by atoms with van der Waals surface area (Å²) in [5.41, 5.74) is 1.66. The highest BCUT2D eigenvalue weighted by molar-refractivity contribution is 5.05. The molecule has 1 atom stereocenters. The first kappa shape index (κ1) is 5.87. The molecule has 0 nitrogen and oxygen atoms in total. The molecule has 0 heteroatoms. The molecule has 0 spiro atoms. The normalized spacial score (nSPS) is 34.2. The Bertz CT molecular complexity index is 101. The van der Waals surface area contributed by atoms with Gasteiger partial charge in [-0.05, 0) is 32.1 Å². The van der Waals surface area contributed by atoms with Gasteiger partial charge in [0.15, 0.2) is 0 Å². The molecule has 8 heavy (non-hydrogen) atoms. The van der Waals surface area contributed by atoms with E-state index >= 15 is 0 Å². The van der Waals surface area contributed by atoms with Gasteiger partial charge in [0.05, 0.1) is 0 Å². The van der Waals surface area contributed by atoms with Gasteiger partial charge in [-0.25, -0.2) is 0 Å². The summed E-state index contributed by atoms with van der Waals surface area (Å²) < 4.78 is 0. The van der Waals surface area contributed by atoms with E-state index in [1.54, 1.807) is 5.57 Å². The smallest absolute Gasteiger partial charge is 0.0294 e. The molecular weight excluding hydrogens is 96.1 g/mol. The van der Waals surface area contributed by atoms with Crippen LogP contribution in [0.4, 0.5) is 0 Å². The second-order valence-electron chi connectivity index (χ2n) is 2.79. The lowest BCUT2D eigenvalue weighted by atomic mass is 10.1. The SMILES string of the molecule is CC=C1CC[C@H](C)C1. The van der Waals surface area contributed by atoms with Crippen molar-refractivity contribution in [1.29, 1.82) is 0 Å². The minimum absolute atomic E-state index is 0.959. The Hall–Kier alpha value is -0.260. The summed E-state index contributed by atoms with van der Waals surface area (Å²) in [6.45, 7) is 4.48. The minimum atomic E-state index is 0.959. The maximum Gasteiger partial charge on any atom is -0.0294 e. The first-order valence-corrected chi connectivity index (χ1v) is 3.47. The van der Waals surface area contributed by atoms with E-state index in [9.17, 15) is 0 Å². The van der Waals surface area contributed by atoms with Crippen LogP contribution in [0.5, 0.6) is 0 Å². The molecule has 0 aliphatic heterocycles. The molecule has 0 unspecified atom stereocenters. The van der Waals surface area contributed by atoms with Gasteiger partial charge < -0.3 is 0 Å². The molecule has 46 valence electrons. The summed E-state index contributed by atoms with van der Waals surface area (Å²) in [5, 5.41) is 0. The Morgan fingerprint density at radius 2 is 2.38 bits per heavy atom. The van der Waals surface area contributed by atoms with Crippen LogP contribution >= 0.6 is 0 Å². The van der Waals surface area contributed by atoms with Crippen LogP contribution in [0.2, 0.25) is 0 Å². The highest BCUT2D eigenvalue weighted by Gasteiger charge is 2.12. The molecule has 1 fully saturated rings. The van der Waals surface area contributed by atoms with Crippen LogP contribution in [0.1, 0.15) is 33.1 Å². The van der Waals surface area contributed by atoms with E-state index in [4.69, 9.17) is 0 Å². The minimum Gasteiger partial charge on any atom is -0.0884 e. The summed E-state index contributed by atoms with van der Waals surface area (Å²) in [6, 6.07) is 0. The quantitative estimate of drug-likeness (QED) is 0.420. The maximum atomic E-state index is 2.33. The monoisotopic (exact) mass is 110 g/mol. The Morgan fingerprint density at radius 3 is 2.62 bits per heavy atom. The predicted octanol–water partition coefficient (Wildman–Crippen LogP) is 2.75. The van der Waals surface area contributed by atoms with Gasteiger partial charge >= 0.3 is 0 Å². The van der Waals surface area contributed by atoms with Crippen LogP contribution in [0.15, 0.2) is 11.6 Å². The molecule has 1 aliphatic rings. The molecule has 0 heterocycles. The summed E-state index contributed by atoms with van der Waals surface area (Å²) in [7, 11) is 0. The lowest BCUT2D eigenvalue weighted by Crippen LogP contribution is -1.79. The van der Waals surface area contributed by atoms with Gasteiger partial charge in [0.2, 0.25) is 0 Å². The third-order valence-electron chi connectivity index (χ3n) is 1.98. The van der Waals surface area contributed by atoms with Crippen molar-refractivity contribution in [3.8, 4) is 0 Å². The van der Waals surface area contributed by atoms with Gasteiger partial charge in [-0.2, -0.15) is 0 Å². The molecule has 0 aromatic heterocycles. The second-order valence-corrected chi connectivity index (χ2v) is 2.79. The fourth-order valence-corrected chi connectivity index (χ4v) is 1.35. The zero-order valence-corrected chi connectivity index (χ0v) is 5.78. The molecule has 1 saturated carbocycles. The summed E-state index contributed by atoms with van der Waals surface area (Å²) in [6.07, 6.45) is 6.40. The zero-order chi connectivity index (χ0) is 5.98. The van der Waals surface area contributed by atoms with Crippen LogP contribution < -0.4 is 0 Å². The average Bonchev–Trinajstić information content (AvgIpc) is 2.14. The molecule has 0 radical (unpaired) electrons. The van der Waals surface area contributed by atoms with E-state index in [1.165, 1.54) is 19.3 Å². The second kappa shape index (κ2) is 2.34. The Kier molecular flexibility index (Phi) is 1.72. The molecule has 0 aromatic carbocycles. The molecule has 0 N–H and O–H groups in total. The van der Waals surface area contributed by atoms with Crippen LogP contribution in [-0.2, 0) is 0 Å². The third kappa shape index (κ3) is 1.12. The van der Waals surface area contributed by atoms with E-state index in [0.29, 0.717) is 0 Å². The van der Waals surface area contributed by atoms with E-state index in [1.807, 2.05) is 0 Å². The van der Waals surface area contributed by atoms with Gasteiger partial charge in [-0.15, -0.1) is 0 Å². The molecule has 1 aliphatic carbocycles. The van der Waals surface area contributed by atoms with Crippen molar-refractivity contribution in [3.63, 3.8) is 0 Å². The van der Waals surface area contributed by atoms with E-state index in [2.05, 4.69) is 19.9 Å². The van der Waals surface area contributed by atoms with Crippen LogP contribution in [0, 0.1) is 5.92 Å². The summed E-state index contributed by atoms with van der Waals surface area (Å²) >= 11 is 0. The lowest BCUT2D eigenvalue weighted by Gasteiger charge is -1.93. The van der Waals surface area contributed by atoms with Crippen LogP contribution in [0.3, 0.4) is 0 Å². The predicted molar refractivity (Wildman–Crippen MR) is 36.8 cm³/mol. The van der Waals surface area contributed by atoms with Gasteiger partial charge in [0.25, 0.3) is 0 Å². The Balaban J connectivity index is 2.44.